The number of halogens is 4. The van der Waals surface area contributed by atoms with Gasteiger partial charge in [0.05, 0.1) is 7.11 Å². The van der Waals surface area contributed by atoms with E-state index in [0.29, 0.717) is 5.56 Å². The maximum Gasteiger partial charge on any atom is 1.00 e. The average Bonchev–Trinajstić information content (AvgIpc) is 2.14. The van der Waals surface area contributed by atoms with E-state index in [1.54, 1.807) is 6.07 Å². The molecule has 2 nitrogen and oxygen atoms in total. The third-order valence-electron chi connectivity index (χ3n) is 2.19. The predicted octanol–water partition coefficient (Wildman–Crippen LogP) is -0.343. The van der Waals surface area contributed by atoms with Crippen molar-refractivity contribution in [3.63, 3.8) is 0 Å². The number of nitrogens with zero attached hydrogens (tertiary/aromatic N) is 1. The minimum absolute atomic E-state index is 0. The van der Waals surface area contributed by atoms with Gasteiger partial charge in [0, 0.05) is 6.54 Å². The van der Waals surface area contributed by atoms with Gasteiger partial charge in [0.15, 0.2) is 11.6 Å². The fourth-order valence-corrected chi connectivity index (χ4v) is 1.54. The molecule has 1 aromatic carbocycles. The van der Waals surface area contributed by atoms with Crippen molar-refractivity contribution in [1.82, 2.24) is 4.90 Å². The zero-order valence-corrected chi connectivity index (χ0v) is 13.7. The maximum absolute atomic E-state index is 13.3. The summed E-state index contributed by atoms with van der Waals surface area (Å²) in [5.74, 6) is -0.493. The third-order valence-corrected chi connectivity index (χ3v) is 2.19. The molecule has 1 rings (SSSR count). The Hall–Kier alpha value is 0.401. The second kappa shape index (κ2) is 7.86. The molecule has 0 N–H and O–H groups in total. The Morgan fingerprint density at radius 2 is 1.89 bits per heavy atom. The molecular weight excluding hydrogens is 276 g/mol. The molecule has 0 radical (unpaired) electrons. The van der Waals surface area contributed by atoms with E-state index in [1.165, 1.54) is 26.3 Å². The second-order valence-corrected chi connectivity index (χ2v) is 3.88. The van der Waals surface area contributed by atoms with Gasteiger partial charge < -0.3 is 22.6 Å². The van der Waals surface area contributed by atoms with Crippen LogP contribution in [0.3, 0.4) is 0 Å². The molecule has 0 aliphatic carbocycles. The van der Waals surface area contributed by atoms with Gasteiger partial charge in [0.2, 0.25) is 0 Å². The van der Waals surface area contributed by atoms with Crippen LogP contribution in [0.1, 0.15) is 5.56 Å². The van der Waals surface area contributed by atoms with Gasteiger partial charge in [-0.05, 0) is 31.2 Å². The Morgan fingerprint density at radius 3 is 2.33 bits per heavy atom. The number of hydrogen-bond acceptors (Lipinski definition) is 2. The molecule has 0 atom stereocenters. The molecule has 0 heterocycles. The fourth-order valence-electron chi connectivity index (χ4n) is 1.54. The Labute approximate surface area is 146 Å². The van der Waals surface area contributed by atoms with Crippen LogP contribution in [-0.2, 0) is 6.54 Å². The molecule has 1 aromatic rings. The Kier molecular flexibility index (Phi) is 8.04. The summed E-state index contributed by atoms with van der Waals surface area (Å²) in [6.07, 6.45) is -0.965. The molecule has 0 amide bonds. The van der Waals surface area contributed by atoms with E-state index in [4.69, 9.17) is 4.74 Å². The molecule has 0 spiro atoms. The summed E-state index contributed by atoms with van der Waals surface area (Å²) in [6.45, 7) is -4.81. The van der Waals surface area contributed by atoms with Gasteiger partial charge in [0.1, 0.15) is 0 Å². The van der Waals surface area contributed by atoms with E-state index in [2.05, 4.69) is 0 Å². The van der Waals surface area contributed by atoms with Crippen molar-refractivity contribution in [2.24, 2.45) is 0 Å². The zero-order valence-electron chi connectivity index (χ0n) is 10.6. The Balaban J connectivity index is 0.00000289. The van der Waals surface area contributed by atoms with Gasteiger partial charge in [-0.3, -0.25) is 0 Å². The number of rotatable bonds is 5. The van der Waals surface area contributed by atoms with Crippen LogP contribution in [0.25, 0.3) is 0 Å². The van der Waals surface area contributed by atoms with Crippen LogP contribution < -0.4 is 56.1 Å². The molecule has 8 heteroatoms. The van der Waals surface area contributed by atoms with Crippen molar-refractivity contribution in [1.29, 1.82) is 0 Å². The molecule has 0 fully saturated rings. The average molecular weight is 289 g/mol. The van der Waals surface area contributed by atoms with Crippen molar-refractivity contribution >= 4 is 6.98 Å². The Morgan fingerprint density at radius 1 is 1.28 bits per heavy atom. The summed E-state index contributed by atoms with van der Waals surface area (Å²) in [4.78, 5) is 1.10. The van der Waals surface area contributed by atoms with Crippen molar-refractivity contribution in [2.75, 3.05) is 20.6 Å². The third kappa shape index (κ3) is 6.53. The first-order chi connectivity index (χ1) is 7.81. The molecular formula is C10H13BF4KNO. The molecule has 0 unspecified atom stereocenters. The van der Waals surface area contributed by atoms with Crippen LogP contribution in [0.5, 0.6) is 5.75 Å². The molecule has 0 bridgehead atoms. The van der Waals surface area contributed by atoms with Gasteiger partial charge in [-0.1, -0.05) is 6.07 Å². The minimum atomic E-state index is -4.86. The van der Waals surface area contributed by atoms with Crippen molar-refractivity contribution in [2.45, 2.75) is 6.54 Å². The molecule has 0 saturated carbocycles. The van der Waals surface area contributed by atoms with E-state index in [9.17, 15) is 17.3 Å². The van der Waals surface area contributed by atoms with Crippen LogP contribution in [-0.4, -0.2) is 32.5 Å². The summed E-state index contributed by atoms with van der Waals surface area (Å²) >= 11 is 0. The molecule has 0 saturated heterocycles. The maximum atomic E-state index is 13.3. The van der Waals surface area contributed by atoms with Crippen molar-refractivity contribution in [3.8, 4) is 5.75 Å². The molecule has 0 aliphatic heterocycles. The summed E-state index contributed by atoms with van der Waals surface area (Å²) in [5, 5.41) is 0. The van der Waals surface area contributed by atoms with Crippen LogP contribution in [0.4, 0.5) is 17.3 Å². The fraction of sp³-hybridized carbons (Fsp3) is 0.400. The van der Waals surface area contributed by atoms with Crippen LogP contribution >= 0.6 is 0 Å². The Bertz CT molecular complexity index is 389. The van der Waals surface area contributed by atoms with Crippen molar-refractivity contribution < 1.29 is 73.5 Å². The standard InChI is InChI=1S/C10H13BF4NO.K/c1-16(7-11(13,14)15)6-8-3-4-10(17-2)9(12)5-8;/h3-5H,6-7H2,1-2H3;/q-1;+1. The normalized spacial score (nSPS) is 11.3. The van der Waals surface area contributed by atoms with Gasteiger partial charge in [-0.25, -0.2) is 4.39 Å². The van der Waals surface area contributed by atoms with E-state index in [-0.39, 0.29) is 63.7 Å². The first kappa shape index (κ1) is 18.4. The van der Waals surface area contributed by atoms with Crippen molar-refractivity contribution in [3.05, 3.63) is 29.6 Å². The topological polar surface area (TPSA) is 12.5 Å². The van der Waals surface area contributed by atoms with E-state index in [1.807, 2.05) is 0 Å². The predicted molar refractivity (Wildman–Crippen MR) is 58.4 cm³/mol. The van der Waals surface area contributed by atoms with Crippen LogP contribution in [0, 0.1) is 5.82 Å². The van der Waals surface area contributed by atoms with Gasteiger partial charge in [-0.15, -0.1) is 0 Å². The zero-order chi connectivity index (χ0) is 13.1. The SMILES string of the molecule is COc1ccc(CN(C)C[B-](F)(F)F)cc1F.[K+]. The van der Waals surface area contributed by atoms with Gasteiger partial charge in [-0.2, -0.15) is 0 Å². The van der Waals surface area contributed by atoms with Gasteiger partial charge in [0.25, 0.3) is 0 Å². The first-order valence-electron chi connectivity index (χ1n) is 5.04. The number of ether oxygens (including phenoxy) is 1. The molecule has 96 valence electrons. The summed E-state index contributed by atoms with van der Waals surface area (Å²) in [6, 6.07) is 4.12. The molecule has 18 heavy (non-hydrogen) atoms. The van der Waals surface area contributed by atoms with E-state index in [0.717, 1.165) is 4.90 Å². The summed E-state index contributed by atoms with van der Waals surface area (Å²) in [5.41, 5.74) is 0.478. The van der Waals surface area contributed by atoms with E-state index < -0.39 is 19.2 Å². The van der Waals surface area contributed by atoms with Crippen LogP contribution in [0.15, 0.2) is 18.2 Å². The molecule has 0 aromatic heterocycles. The minimum Gasteiger partial charge on any atom is -0.494 e. The largest absolute Gasteiger partial charge is 1.00 e. The van der Waals surface area contributed by atoms with Gasteiger partial charge >= 0.3 is 58.4 Å². The monoisotopic (exact) mass is 289 g/mol. The number of benzene rings is 1. The number of hydrogen-bond donors (Lipinski definition) is 0. The number of methoxy groups -OCH3 is 1. The van der Waals surface area contributed by atoms with E-state index >= 15 is 0 Å². The summed E-state index contributed by atoms with van der Waals surface area (Å²) in [7, 11) is 2.67. The molecule has 0 aliphatic rings. The first-order valence-corrected chi connectivity index (χ1v) is 5.04. The summed E-state index contributed by atoms with van der Waals surface area (Å²) < 4.78 is 54.4. The smallest absolute Gasteiger partial charge is 0.494 e. The van der Waals surface area contributed by atoms with Crippen LogP contribution in [0.2, 0.25) is 0 Å². The quantitative estimate of drug-likeness (QED) is 0.543. The second-order valence-electron chi connectivity index (χ2n) is 3.88.